The topological polar surface area (TPSA) is 60.2 Å². The van der Waals surface area contributed by atoms with Crippen molar-refractivity contribution in [2.45, 2.75) is 6.42 Å². The fourth-order valence-electron chi connectivity index (χ4n) is 1.69. The maximum absolute atomic E-state index is 13.6. The van der Waals surface area contributed by atoms with Gasteiger partial charge in [0.1, 0.15) is 5.82 Å². The fourth-order valence-corrected chi connectivity index (χ4v) is 1.69. The van der Waals surface area contributed by atoms with Crippen LogP contribution in [0.2, 0.25) is 0 Å². The molecule has 19 heavy (non-hydrogen) atoms. The van der Waals surface area contributed by atoms with Crippen LogP contribution in [0.3, 0.4) is 0 Å². The number of benzene rings is 2. The summed E-state index contributed by atoms with van der Waals surface area (Å²) in [6.07, 6.45) is -0.117. The first-order valence-electron chi connectivity index (χ1n) is 5.59. The van der Waals surface area contributed by atoms with E-state index < -0.39 is 10.7 Å². The van der Waals surface area contributed by atoms with Crippen LogP contribution in [0.1, 0.15) is 15.9 Å². The van der Waals surface area contributed by atoms with Crippen molar-refractivity contribution >= 4 is 11.5 Å². The van der Waals surface area contributed by atoms with Gasteiger partial charge >= 0.3 is 0 Å². The monoisotopic (exact) mass is 259 g/mol. The maximum atomic E-state index is 13.6. The molecule has 96 valence electrons. The summed E-state index contributed by atoms with van der Waals surface area (Å²) in [6.45, 7) is 0. The van der Waals surface area contributed by atoms with Crippen LogP contribution in [0, 0.1) is 15.9 Å². The highest BCUT2D eigenvalue weighted by Crippen LogP contribution is 2.18. The highest BCUT2D eigenvalue weighted by molar-refractivity contribution is 5.97. The van der Waals surface area contributed by atoms with E-state index in [0.29, 0.717) is 5.56 Å². The summed E-state index contributed by atoms with van der Waals surface area (Å²) in [6, 6.07) is 11.8. The zero-order valence-corrected chi connectivity index (χ0v) is 9.88. The Morgan fingerprint density at radius 3 is 2.42 bits per heavy atom. The number of hydrogen-bond acceptors (Lipinski definition) is 3. The van der Waals surface area contributed by atoms with E-state index >= 15 is 0 Å². The van der Waals surface area contributed by atoms with E-state index in [1.54, 1.807) is 30.3 Å². The Balaban J connectivity index is 2.20. The molecule has 0 radical (unpaired) electrons. The first-order valence-corrected chi connectivity index (χ1v) is 5.59. The lowest BCUT2D eigenvalue weighted by atomic mass is 10.0. The standard InChI is InChI=1S/C14H10FNO3/c15-13-9-12(16(18)19)7-6-11(13)8-14(17)10-4-2-1-3-5-10/h1-7,9H,8H2. The minimum atomic E-state index is -0.738. The van der Waals surface area contributed by atoms with Crippen LogP contribution in [0.25, 0.3) is 0 Å². The van der Waals surface area contributed by atoms with Crippen LogP contribution >= 0.6 is 0 Å². The van der Waals surface area contributed by atoms with Crippen molar-refractivity contribution in [2.24, 2.45) is 0 Å². The average Bonchev–Trinajstić information content (AvgIpc) is 2.41. The first kappa shape index (κ1) is 12.9. The van der Waals surface area contributed by atoms with Gasteiger partial charge in [0.15, 0.2) is 5.78 Å². The summed E-state index contributed by atoms with van der Waals surface area (Å²) in [5, 5.41) is 10.5. The molecule has 0 amide bonds. The van der Waals surface area contributed by atoms with Crippen molar-refractivity contribution in [3.05, 3.63) is 75.6 Å². The van der Waals surface area contributed by atoms with Crippen molar-refractivity contribution in [3.63, 3.8) is 0 Å². The van der Waals surface area contributed by atoms with Gasteiger partial charge < -0.3 is 0 Å². The van der Waals surface area contributed by atoms with Crippen LogP contribution in [-0.4, -0.2) is 10.7 Å². The molecule has 0 unspecified atom stereocenters. The predicted octanol–water partition coefficient (Wildman–Crippen LogP) is 3.16. The van der Waals surface area contributed by atoms with Crippen molar-refractivity contribution < 1.29 is 14.1 Å². The average molecular weight is 259 g/mol. The van der Waals surface area contributed by atoms with E-state index in [1.807, 2.05) is 0 Å². The Hall–Kier alpha value is -2.56. The molecule has 0 aliphatic heterocycles. The molecule has 5 heteroatoms. The minimum absolute atomic E-state index is 0.117. The van der Waals surface area contributed by atoms with Gasteiger partial charge in [-0.05, 0) is 11.6 Å². The van der Waals surface area contributed by atoms with Crippen molar-refractivity contribution in [2.75, 3.05) is 0 Å². The van der Waals surface area contributed by atoms with Crippen LogP contribution in [0.5, 0.6) is 0 Å². The molecular formula is C14H10FNO3. The quantitative estimate of drug-likeness (QED) is 0.481. The zero-order chi connectivity index (χ0) is 13.8. The van der Waals surface area contributed by atoms with Crippen LogP contribution in [0.4, 0.5) is 10.1 Å². The summed E-state index contributed by atoms with van der Waals surface area (Å²) in [7, 11) is 0. The summed E-state index contributed by atoms with van der Waals surface area (Å²) in [5.74, 6) is -0.966. The third-order valence-corrected chi connectivity index (χ3v) is 2.69. The molecule has 2 rings (SSSR count). The molecule has 4 nitrogen and oxygen atoms in total. The summed E-state index contributed by atoms with van der Waals surface area (Å²) in [4.78, 5) is 21.7. The van der Waals surface area contributed by atoms with E-state index in [0.717, 1.165) is 6.07 Å². The highest BCUT2D eigenvalue weighted by Gasteiger charge is 2.14. The minimum Gasteiger partial charge on any atom is -0.294 e. The number of rotatable bonds is 4. The third kappa shape index (κ3) is 3.01. The molecule has 0 saturated carbocycles. The molecular weight excluding hydrogens is 249 g/mol. The van der Waals surface area contributed by atoms with Gasteiger partial charge in [0.25, 0.3) is 5.69 Å². The molecule has 0 saturated heterocycles. The number of nitro groups is 1. The van der Waals surface area contributed by atoms with E-state index in [1.165, 1.54) is 12.1 Å². The maximum Gasteiger partial charge on any atom is 0.272 e. The molecule has 2 aromatic rings. The van der Waals surface area contributed by atoms with Crippen molar-refractivity contribution in [1.82, 2.24) is 0 Å². The summed E-state index contributed by atoms with van der Waals surface area (Å²) in [5.41, 5.74) is 0.313. The second kappa shape index (κ2) is 5.39. The predicted molar refractivity (Wildman–Crippen MR) is 67.5 cm³/mol. The van der Waals surface area contributed by atoms with Gasteiger partial charge in [0.2, 0.25) is 0 Å². The smallest absolute Gasteiger partial charge is 0.272 e. The number of hydrogen-bond donors (Lipinski definition) is 0. The molecule has 0 heterocycles. The van der Waals surface area contributed by atoms with E-state index in [4.69, 9.17) is 0 Å². The van der Waals surface area contributed by atoms with Gasteiger partial charge in [0.05, 0.1) is 11.0 Å². The van der Waals surface area contributed by atoms with Gasteiger partial charge in [-0.2, -0.15) is 0 Å². The largest absolute Gasteiger partial charge is 0.294 e. The number of nitro benzene ring substituents is 1. The Morgan fingerprint density at radius 1 is 1.16 bits per heavy atom. The Morgan fingerprint density at radius 2 is 1.84 bits per heavy atom. The Bertz CT molecular complexity index is 626. The number of carbonyl (C=O) groups excluding carboxylic acids is 1. The SMILES string of the molecule is O=C(Cc1ccc([N+](=O)[O-])cc1F)c1ccccc1. The summed E-state index contributed by atoms with van der Waals surface area (Å²) < 4.78 is 13.6. The molecule has 0 atom stereocenters. The van der Waals surface area contributed by atoms with E-state index in [-0.39, 0.29) is 23.5 Å². The van der Waals surface area contributed by atoms with E-state index in [2.05, 4.69) is 0 Å². The number of carbonyl (C=O) groups is 1. The van der Waals surface area contributed by atoms with Crippen LogP contribution in [-0.2, 0) is 6.42 Å². The summed E-state index contributed by atoms with van der Waals surface area (Å²) >= 11 is 0. The van der Waals surface area contributed by atoms with Gasteiger partial charge in [-0.3, -0.25) is 14.9 Å². The molecule has 0 aliphatic carbocycles. The molecule has 0 spiro atoms. The third-order valence-electron chi connectivity index (χ3n) is 2.69. The first-order chi connectivity index (χ1) is 9.08. The molecule has 0 aliphatic rings. The molecule has 0 aromatic heterocycles. The number of non-ortho nitro benzene ring substituents is 1. The van der Waals surface area contributed by atoms with Crippen LogP contribution in [0.15, 0.2) is 48.5 Å². The van der Waals surface area contributed by atoms with Gasteiger partial charge in [-0.25, -0.2) is 4.39 Å². The lowest BCUT2D eigenvalue weighted by molar-refractivity contribution is -0.385. The number of halogens is 1. The number of ketones is 1. The van der Waals surface area contributed by atoms with Gasteiger partial charge in [0, 0.05) is 18.1 Å². The lowest BCUT2D eigenvalue weighted by Crippen LogP contribution is -2.05. The zero-order valence-electron chi connectivity index (χ0n) is 9.88. The second-order valence-electron chi connectivity index (χ2n) is 4.00. The molecule has 0 N–H and O–H groups in total. The Labute approximate surface area is 108 Å². The molecule has 0 bridgehead atoms. The van der Waals surface area contributed by atoms with Crippen molar-refractivity contribution in [3.8, 4) is 0 Å². The highest BCUT2D eigenvalue weighted by atomic mass is 19.1. The van der Waals surface area contributed by atoms with Crippen molar-refractivity contribution in [1.29, 1.82) is 0 Å². The van der Waals surface area contributed by atoms with E-state index in [9.17, 15) is 19.3 Å². The normalized spacial score (nSPS) is 10.2. The second-order valence-corrected chi connectivity index (χ2v) is 4.00. The van der Waals surface area contributed by atoms with Gasteiger partial charge in [-0.15, -0.1) is 0 Å². The number of Topliss-reactive ketones (excluding diaryl/α,β-unsaturated/α-hetero) is 1. The number of nitrogens with zero attached hydrogens (tertiary/aromatic N) is 1. The lowest BCUT2D eigenvalue weighted by Gasteiger charge is -2.03. The van der Waals surface area contributed by atoms with Gasteiger partial charge in [-0.1, -0.05) is 30.3 Å². The molecule has 2 aromatic carbocycles. The fraction of sp³-hybridized carbons (Fsp3) is 0.0714. The van der Waals surface area contributed by atoms with Crippen LogP contribution < -0.4 is 0 Å². The Kier molecular flexibility index (Phi) is 3.66. The molecule has 0 fully saturated rings.